The molecule has 0 saturated heterocycles. The maximum atomic E-state index is 11.8. The second-order valence-electron chi connectivity index (χ2n) is 5.88. The summed E-state index contributed by atoms with van der Waals surface area (Å²) in [5, 5.41) is 12.5. The molecular formula is C18H22N4O2S2. The van der Waals surface area contributed by atoms with E-state index in [2.05, 4.69) is 33.5 Å². The molecule has 0 fully saturated rings. The zero-order valence-electron chi connectivity index (χ0n) is 14.7. The molecule has 3 rings (SSSR count). The quantitative estimate of drug-likeness (QED) is 0.418. The number of carbonyl (C=O) groups excluding carboxylic acids is 1. The first-order valence-electron chi connectivity index (χ1n) is 8.81. The summed E-state index contributed by atoms with van der Waals surface area (Å²) in [4.78, 5) is 16.4. The number of aryl methyl sites for hydroxylation is 2. The summed E-state index contributed by atoms with van der Waals surface area (Å²) in [5.41, 5.74) is 1.03. The second kappa shape index (κ2) is 9.68. The van der Waals surface area contributed by atoms with Gasteiger partial charge in [0.1, 0.15) is 0 Å². The fourth-order valence-electron chi connectivity index (χ4n) is 2.42. The van der Waals surface area contributed by atoms with Gasteiger partial charge in [-0.1, -0.05) is 43.7 Å². The molecule has 6 nitrogen and oxygen atoms in total. The molecule has 1 amide bonds. The number of nitrogens with one attached hydrogen (secondary N) is 1. The van der Waals surface area contributed by atoms with Crippen LogP contribution >= 0.6 is 23.1 Å². The summed E-state index contributed by atoms with van der Waals surface area (Å²) in [5.74, 6) is 0.876. The number of amides is 1. The molecule has 8 heteroatoms. The second-order valence-corrected chi connectivity index (χ2v) is 7.92. The molecule has 3 aromatic rings. The molecule has 0 saturated carbocycles. The van der Waals surface area contributed by atoms with E-state index >= 15 is 0 Å². The monoisotopic (exact) mass is 390 g/mol. The number of nitrogens with zero attached hydrogens (tertiary/aromatic N) is 3. The number of rotatable bonds is 10. The Balaban J connectivity index is 1.42. The number of hydrogen-bond donors (Lipinski definition) is 1. The highest BCUT2D eigenvalue weighted by molar-refractivity contribution is 7.99. The lowest BCUT2D eigenvalue weighted by Gasteiger charge is -2.02. The number of thiazole rings is 1. The molecule has 2 aromatic heterocycles. The first kappa shape index (κ1) is 18.8. The highest BCUT2D eigenvalue weighted by Crippen LogP contribution is 2.23. The molecule has 0 bridgehead atoms. The van der Waals surface area contributed by atoms with Gasteiger partial charge >= 0.3 is 0 Å². The fourth-order valence-corrected chi connectivity index (χ4v) is 4.00. The molecule has 26 heavy (non-hydrogen) atoms. The SMILES string of the molecule is CCCCCNC(=O)CSc1nnc(CCc2nc3ccccc3s2)o1. The van der Waals surface area contributed by atoms with E-state index in [4.69, 9.17) is 4.42 Å². The minimum absolute atomic E-state index is 0.000304. The summed E-state index contributed by atoms with van der Waals surface area (Å²) < 4.78 is 6.80. The van der Waals surface area contributed by atoms with Crippen LogP contribution in [0, 0.1) is 0 Å². The number of thioether (sulfide) groups is 1. The number of aromatic nitrogens is 3. The summed E-state index contributed by atoms with van der Waals surface area (Å²) >= 11 is 2.96. The van der Waals surface area contributed by atoms with Gasteiger partial charge in [-0.05, 0) is 18.6 Å². The first-order chi connectivity index (χ1) is 12.7. The van der Waals surface area contributed by atoms with Crippen LogP contribution in [0.15, 0.2) is 33.9 Å². The van der Waals surface area contributed by atoms with Crippen molar-refractivity contribution in [3.05, 3.63) is 35.2 Å². The Morgan fingerprint density at radius 1 is 1.23 bits per heavy atom. The molecule has 0 aliphatic carbocycles. The number of benzene rings is 1. The van der Waals surface area contributed by atoms with Gasteiger partial charge in [0.05, 0.1) is 21.0 Å². The third-order valence-corrected chi connectivity index (χ3v) is 5.68. The maximum absolute atomic E-state index is 11.8. The zero-order chi connectivity index (χ0) is 18.2. The van der Waals surface area contributed by atoms with Crippen molar-refractivity contribution in [3.63, 3.8) is 0 Å². The summed E-state index contributed by atoms with van der Waals surface area (Å²) in [6.07, 6.45) is 4.71. The Morgan fingerprint density at radius 3 is 2.96 bits per heavy atom. The van der Waals surface area contributed by atoms with Crippen LogP contribution in [0.2, 0.25) is 0 Å². The van der Waals surface area contributed by atoms with Crippen LogP contribution in [-0.4, -0.2) is 33.4 Å². The van der Waals surface area contributed by atoms with Crippen molar-refractivity contribution in [1.29, 1.82) is 0 Å². The number of para-hydroxylation sites is 1. The fraction of sp³-hybridized carbons (Fsp3) is 0.444. The Hall–Kier alpha value is -1.93. The van der Waals surface area contributed by atoms with Gasteiger partial charge in [0.25, 0.3) is 5.22 Å². The predicted molar refractivity (Wildman–Crippen MR) is 105 cm³/mol. The molecule has 2 heterocycles. The molecule has 1 aromatic carbocycles. The standard InChI is InChI=1S/C18H22N4O2S2/c1-2-3-6-11-19-15(23)12-25-18-22-21-16(24-18)9-10-17-20-13-7-4-5-8-14(13)26-17/h4-5,7-8H,2-3,6,9-12H2,1H3,(H,19,23). The molecule has 138 valence electrons. The third-order valence-electron chi connectivity index (χ3n) is 3.77. The Bertz CT molecular complexity index is 813. The van der Waals surface area contributed by atoms with E-state index in [0.29, 0.717) is 23.3 Å². The molecule has 0 spiro atoms. The first-order valence-corrected chi connectivity index (χ1v) is 10.6. The van der Waals surface area contributed by atoms with Crippen LogP contribution in [0.1, 0.15) is 37.1 Å². The maximum Gasteiger partial charge on any atom is 0.277 e. The van der Waals surface area contributed by atoms with Gasteiger partial charge in [0.2, 0.25) is 11.8 Å². The van der Waals surface area contributed by atoms with Crippen LogP contribution in [0.3, 0.4) is 0 Å². The third kappa shape index (κ3) is 5.54. The van der Waals surface area contributed by atoms with E-state index in [0.717, 1.165) is 42.8 Å². The van der Waals surface area contributed by atoms with Crippen LogP contribution < -0.4 is 5.32 Å². The summed E-state index contributed by atoms with van der Waals surface area (Å²) in [6.45, 7) is 2.87. The van der Waals surface area contributed by atoms with Gasteiger partial charge in [-0.25, -0.2) is 4.98 Å². The van der Waals surface area contributed by atoms with E-state index in [1.54, 1.807) is 11.3 Å². The lowest BCUT2D eigenvalue weighted by atomic mass is 10.2. The lowest BCUT2D eigenvalue weighted by Crippen LogP contribution is -2.26. The molecule has 0 unspecified atom stereocenters. The lowest BCUT2D eigenvalue weighted by molar-refractivity contribution is -0.118. The number of carbonyl (C=O) groups is 1. The van der Waals surface area contributed by atoms with Crippen molar-refractivity contribution >= 4 is 39.2 Å². The predicted octanol–water partition coefficient (Wildman–Crippen LogP) is 3.86. The number of unbranched alkanes of at least 4 members (excludes halogenated alkanes) is 2. The van der Waals surface area contributed by atoms with E-state index in [-0.39, 0.29) is 5.91 Å². The smallest absolute Gasteiger partial charge is 0.277 e. The van der Waals surface area contributed by atoms with Crippen LogP contribution in [0.4, 0.5) is 0 Å². The van der Waals surface area contributed by atoms with Gasteiger partial charge in [-0.3, -0.25) is 4.79 Å². The average Bonchev–Trinajstić information content (AvgIpc) is 3.28. The van der Waals surface area contributed by atoms with Crippen molar-refractivity contribution < 1.29 is 9.21 Å². The van der Waals surface area contributed by atoms with Gasteiger partial charge in [-0.15, -0.1) is 21.5 Å². The van der Waals surface area contributed by atoms with E-state index in [1.165, 1.54) is 16.5 Å². The average molecular weight is 391 g/mol. The van der Waals surface area contributed by atoms with Gasteiger partial charge in [0.15, 0.2) is 0 Å². The highest BCUT2D eigenvalue weighted by Gasteiger charge is 2.11. The van der Waals surface area contributed by atoms with Crippen LogP contribution in [0.25, 0.3) is 10.2 Å². The van der Waals surface area contributed by atoms with E-state index in [1.807, 2.05) is 18.2 Å². The van der Waals surface area contributed by atoms with Gasteiger partial charge in [0, 0.05) is 19.4 Å². The largest absolute Gasteiger partial charge is 0.416 e. The van der Waals surface area contributed by atoms with Crippen molar-refractivity contribution in [2.75, 3.05) is 12.3 Å². The van der Waals surface area contributed by atoms with Crippen molar-refractivity contribution in [2.24, 2.45) is 0 Å². The Morgan fingerprint density at radius 2 is 2.12 bits per heavy atom. The van der Waals surface area contributed by atoms with Crippen molar-refractivity contribution in [3.8, 4) is 0 Å². The van der Waals surface area contributed by atoms with E-state index in [9.17, 15) is 4.79 Å². The van der Waals surface area contributed by atoms with Gasteiger partial charge in [-0.2, -0.15) is 0 Å². The highest BCUT2D eigenvalue weighted by atomic mass is 32.2. The van der Waals surface area contributed by atoms with Crippen LogP contribution in [0.5, 0.6) is 0 Å². The van der Waals surface area contributed by atoms with Crippen molar-refractivity contribution in [2.45, 2.75) is 44.3 Å². The zero-order valence-corrected chi connectivity index (χ0v) is 16.4. The molecular weight excluding hydrogens is 368 g/mol. The minimum atomic E-state index is 0.000304. The van der Waals surface area contributed by atoms with Crippen molar-refractivity contribution in [1.82, 2.24) is 20.5 Å². The molecule has 0 radical (unpaired) electrons. The molecule has 0 aliphatic rings. The number of fused-ring (bicyclic) bond motifs is 1. The number of hydrogen-bond acceptors (Lipinski definition) is 7. The Kier molecular flexibility index (Phi) is 7.02. The molecule has 1 N–H and O–H groups in total. The summed E-state index contributed by atoms with van der Waals surface area (Å²) in [6, 6.07) is 8.11. The molecule has 0 aliphatic heterocycles. The van der Waals surface area contributed by atoms with Gasteiger partial charge < -0.3 is 9.73 Å². The minimum Gasteiger partial charge on any atom is -0.416 e. The Labute approximate surface area is 160 Å². The molecule has 0 atom stereocenters. The van der Waals surface area contributed by atoms with Crippen LogP contribution in [-0.2, 0) is 17.6 Å². The topological polar surface area (TPSA) is 80.9 Å². The normalized spacial score (nSPS) is 11.1. The summed E-state index contributed by atoms with van der Waals surface area (Å²) in [7, 11) is 0. The van der Waals surface area contributed by atoms with E-state index < -0.39 is 0 Å².